The maximum absolute atomic E-state index is 10.8. The first-order valence-corrected chi connectivity index (χ1v) is 6.82. The lowest BCUT2D eigenvalue weighted by Crippen LogP contribution is -2.04. The molecule has 1 heterocycles. The zero-order chi connectivity index (χ0) is 15.6. The van der Waals surface area contributed by atoms with Crippen LogP contribution in [0.5, 0.6) is 5.75 Å². The fourth-order valence-electron chi connectivity index (χ4n) is 2.36. The number of hydrogen-bond acceptors (Lipinski definition) is 5. The predicted molar refractivity (Wildman–Crippen MR) is 79.3 cm³/mol. The summed E-state index contributed by atoms with van der Waals surface area (Å²) < 4.78 is 0. The summed E-state index contributed by atoms with van der Waals surface area (Å²) in [6.07, 6.45) is 1.39. The molecule has 0 aliphatic carbocycles. The van der Waals surface area contributed by atoms with Crippen molar-refractivity contribution in [3.63, 3.8) is 0 Å². The van der Waals surface area contributed by atoms with Crippen molar-refractivity contribution in [3.8, 4) is 16.9 Å². The molecule has 0 saturated carbocycles. The monoisotopic (exact) mass is 287 g/mol. The SMILES string of the molecule is CCc1nc(C)nc(CC)c1-c1ccc([N+](=O)[O-])cc1O. The summed E-state index contributed by atoms with van der Waals surface area (Å²) >= 11 is 0. The number of aromatic nitrogens is 2. The minimum Gasteiger partial charge on any atom is -0.507 e. The summed E-state index contributed by atoms with van der Waals surface area (Å²) in [6.45, 7) is 5.79. The van der Waals surface area contributed by atoms with Gasteiger partial charge >= 0.3 is 0 Å². The zero-order valence-electron chi connectivity index (χ0n) is 12.3. The van der Waals surface area contributed by atoms with E-state index in [0.29, 0.717) is 24.2 Å². The number of aromatic hydroxyl groups is 1. The average Bonchev–Trinajstić information content (AvgIpc) is 2.46. The zero-order valence-corrected chi connectivity index (χ0v) is 12.3. The van der Waals surface area contributed by atoms with Crippen LogP contribution in [-0.2, 0) is 12.8 Å². The number of phenols is 1. The molecular formula is C15H17N3O3. The molecule has 0 bridgehead atoms. The Morgan fingerprint density at radius 3 is 2.19 bits per heavy atom. The van der Waals surface area contributed by atoms with Crippen LogP contribution in [0, 0.1) is 17.0 Å². The molecule has 0 aliphatic heterocycles. The molecule has 0 unspecified atom stereocenters. The number of non-ortho nitro benzene ring substituents is 1. The standard InChI is InChI=1S/C15H17N3O3/c1-4-12-15(13(5-2)17-9(3)16-12)11-7-6-10(18(20)21)8-14(11)19/h6-8,19H,4-5H2,1-3H3. The number of nitro groups is 1. The molecule has 6 heteroatoms. The molecule has 2 rings (SSSR count). The van der Waals surface area contributed by atoms with Gasteiger partial charge in [0.05, 0.1) is 22.4 Å². The summed E-state index contributed by atoms with van der Waals surface area (Å²) in [5.74, 6) is 0.565. The molecule has 6 nitrogen and oxygen atoms in total. The summed E-state index contributed by atoms with van der Waals surface area (Å²) in [4.78, 5) is 19.1. The van der Waals surface area contributed by atoms with E-state index in [2.05, 4.69) is 9.97 Å². The molecule has 0 saturated heterocycles. The number of phenolic OH excluding ortho intramolecular Hbond substituents is 1. The molecule has 21 heavy (non-hydrogen) atoms. The van der Waals surface area contributed by atoms with Crippen LogP contribution in [0.3, 0.4) is 0 Å². The van der Waals surface area contributed by atoms with Crippen molar-refractivity contribution in [2.75, 3.05) is 0 Å². The Morgan fingerprint density at radius 2 is 1.76 bits per heavy atom. The number of benzene rings is 1. The van der Waals surface area contributed by atoms with Gasteiger partial charge < -0.3 is 5.11 Å². The Labute approximate surface area is 122 Å². The maximum atomic E-state index is 10.8. The van der Waals surface area contributed by atoms with Gasteiger partial charge in [-0.15, -0.1) is 0 Å². The topological polar surface area (TPSA) is 89.2 Å². The van der Waals surface area contributed by atoms with E-state index in [-0.39, 0.29) is 11.4 Å². The molecule has 1 N–H and O–H groups in total. The molecule has 0 amide bonds. The molecule has 1 aromatic carbocycles. The van der Waals surface area contributed by atoms with Gasteiger partial charge in [-0.2, -0.15) is 0 Å². The van der Waals surface area contributed by atoms with Crippen LogP contribution in [0.4, 0.5) is 5.69 Å². The highest BCUT2D eigenvalue weighted by atomic mass is 16.6. The Morgan fingerprint density at radius 1 is 1.19 bits per heavy atom. The van der Waals surface area contributed by atoms with Crippen LogP contribution in [0.15, 0.2) is 18.2 Å². The van der Waals surface area contributed by atoms with Crippen molar-refractivity contribution in [1.29, 1.82) is 0 Å². The third-order valence-electron chi connectivity index (χ3n) is 3.30. The van der Waals surface area contributed by atoms with Crippen molar-refractivity contribution in [2.45, 2.75) is 33.6 Å². The Hall–Kier alpha value is -2.50. The second-order valence-electron chi connectivity index (χ2n) is 4.70. The molecule has 0 radical (unpaired) electrons. The van der Waals surface area contributed by atoms with Gasteiger partial charge in [0.15, 0.2) is 0 Å². The van der Waals surface area contributed by atoms with Gasteiger partial charge in [-0.05, 0) is 25.8 Å². The first-order chi connectivity index (χ1) is 9.97. The van der Waals surface area contributed by atoms with E-state index in [0.717, 1.165) is 23.0 Å². The van der Waals surface area contributed by atoms with Gasteiger partial charge in [-0.3, -0.25) is 10.1 Å². The number of nitrogens with zero attached hydrogens (tertiary/aromatic N) is 3. The first kappa shape index (κ1) is 14.9. The number of nitro benzene ring substituents is 1. The van der Waals surface area contributed by atoms with Crippen LogP contribution < -0.4 is 0 Å². The highest BCUT2D eigenvalue weighted by molar-refractivity contribution is 5.75. The summed E-state index contributed by atoms with van der Waals surface area (Å²) in [5.41, 5.74) is 2.85. The van der Waals surface area contributed by atoms with Gasteiger partial charge in [0.1, 0.15) is 11.6 Å². The molecule has 2 aromatic rings. The van der Waals surface area contributed by atoms with Gasteiger partial charge in [-0.25, -0.2) is 9.97 Å². The molecular weight excluding hydrogens is 270 g/mol. The van der Waals surface area contributed by atoms with Crippen LogP contribution in [0.1, 0.15) is 31.1 Å². The van der Waals surface area contributed by atoms with Gasteiger partial charge in [0, 0.05) is 17.2 Å². The van der Waals surface area contributed by atoms with Crippen LogP contribution in [-0.4, -0.2) is 20.0 Å². The molecule has 0 aliphatic rings. The van der Waals surface area contributed by atoms with Crippen molar-refractivity contribution in [1.82, 2.24) is 9.97 Å². The van der Waals surface area contributed by atoms with Crippen LogP contribution in [0.2, 0.25) is 0 Å². The highest BCUT2D eigenvalue weighted by Gasteiger charge is 2.18. The third-order valence-corrected chi connectivity index (χ3v) is 3.30. The maximum Gasteiger partial charge on any atom is 0.273 e. The lowest BCUT2D eigenvalue weighted by Gasteiger charge is -2.14. The second kappa shape index (κ2) is 5.87. The molecule has 110 valence electrons. The Bertz CT molecular complexity index is 674. The first-order valence-electron chi connectivity index (χ1n) is 6.82. The number of hydrogen-bond donors (Lipinski definition) is 1. The Kier molecular flexibility index (Phi) is 4.16. The minimum atomic E-state index is -0.531. The predicted octanol–water partition coefficient (Wildman–Crippen LogP) is 3.19. The number of rotatable bonds is 4. The molecule has 0 atom stereocenters. The summed E-state index contributed by atoms with van der Waals surface area (Å²) in [5, 5.41) is 20.9. The van der Waals surface area contributed by atoms with E-state index in [1.54, 1.807) is 6.07 Å². The van der Waals surface area contributed by atoms with Gasteiger partial charge in [0.25, 0.3) is 5.69 Å². The molecule has 1 aromatic heterocycles. The average molecular weight is 287 g/mol. The summed E-state index contributed by atoms with van der Waals surface area (Å²) in [6, 6.07) is 4.10. The van der Waals surface area contributed by atoms with Gasteiger partial charge in [-0.1, -0.05) is 13.8 Å². The molecule has 0 fully saturated rings. The fourth-order valence-corrected chi connectivity index (χ4v) is 2.36. The van der Waals surface area contributed by atoms with Crippen molar-refractivity contribution >= 4 is 5.69 Å². The lowest BCUT2D eigenvalue weighted by atomic mass is 9.98. The molecule has 0 spiro atoms. The van der Waals surface area contributed by atoms with E-state index in [1.165, 1.54) is 6.07 Å². The normalized spacial score (nSPS) is 10.6. The highest BCUT2D eigenvalue weighted by Crippen LogP contribution is 2.36. The van der Waals surface area contributed by atoms with E-state index in [4.69, 9.17) is 0 Å². The quantitative estimate of drug-likeness (QED) is 0.689. The Balaban J connectivity index is 2.69. The van der Waals surface area contributed by atoms with E-state index < -0.39 is 4.92 Å². The number of aryl methyl sites for hydroxylation is 3. The largest absolute Gasteiger partial charge is 0.507 e. The third kappa shape index (κ3) is 2.84. The van der Waals surface area contributed by atoms with Crippen molar-refractivity contribution in [3.05, 3.63) is 45.5 Å². The van der Waals surface area contributed by atoms with E-state index in [9.17, 15) is 15.2 Å². The minimum absolute atomic E-state index is 0.124. The second-order valence-corrected chi connectivity index (χ2v) is 4.70. The fraction of sp³-hybridized carbons (Fsp3) is 0.333. The summed E-state index contributed by atoms with van der Waals surface area (Å²) in [7, 11) is 0. The lowest BCUT2D eigenvalue weighted by molar-refractivity contribution is -0.384. The van der Waals surface area contributed by atoms with Crippen LogP contribution >= 0.6 is 0 Å². The van der Waals surface area contributed by atoms with Gasteiger partial charge in [0.2, 0.25) is 0 Å². The smallest absolute Gasteiger partial charge is 0.273 e. The van der Waals surface area contributed by atoms with Crippen molar-refractivity contribution in [2.24, 2.45) is 0 Å². The van der Waals surface area contributed by atoms with E-state index >= 15 is 0 Å². The van der Waals surface area contributed by atoms with Crippen LogP contribution in [0.25, 0.3) is 11.1 Å². The van der Waals surface area contributed by atoms with Crippen molar-refractivity contribution < 1.29 is 10.0 Å². The van der Waals surface area contributed by atoms with E-state index in [1.807, 2.05) is 20.8 Å².